The summed E-state index contributed by atoms with van der Waals surface area (Å²) < 4.78 is 11.0. The third-order valence-corrected chi connectivity index (χ3v) is 2.58. The van der Waals surface area contributed by atoms with E-state index in [9.17, 15) is 0 Å². The zero-order valence-electron chi connectivity index (χ0n) is 9.83. The van der Waals surface area contributed by atoms with Gasteiger partial charge in [-0.15, -0.1) is 0 Å². The van der Waals surface area contributed by atoms with Crippen LogP contribution in [0.15, 0.2) is 48.8 Å². The summed E-state index contributed by atoms with van der Waals surface area (Å²) in [5, 5.41) is 0. The number of hydrogen-bond acceptors (Lipinski definition) is 4. The van der Waals surface area contributed by atoms with Crippen LogP contribution in [0.2, 0.25) is 0 Å². The average molecular weight is 230 g/mol. The summed E-state index contributed by atoms with van der Waals surface area (Å²) >= 11 is 0. The Hall–Kier alpha value is -1.78. The van der Waals surface area contributed by atoms with Gasteiger partial charge in [0.15, 0.2) is 0 Å². The maximum Gasteiger partial charge on any atom is 0.256 e. The molecule has 0 spiro atoms. The lowest BCUT2D eigenvalue weighted by molar-refractivity contribution is -0.189. The summed E-state index contributed by atoms with van der Waals surface area (Å²) in [5.74, 6) is -1.05. The van der Waals surface area contributed by atoms with Crippen molar-refractivity contribution in [3.63, 3.8) is 0 Å². The highest BCUT2D eigenvalue weighted by atomic mass is 16.7. The third-order valence-electron chi connectivity index (χ3n) is 2.58. The molecule has 0 N–H and O–H groups in total. The predicted octanol–water partition coefficient (Wildman–Crippen LogP) is 1.97. The van der Waals surface area contributed by atoms with Gasteiger partial charge in [-0.25, -0.2) is 0 Å². The quantitative estimate of drug-likeness (QED) is 0.753. The molecule has 0 radical (unpaired) electrons. The minimum absolute atomic E-state index is 0.670. The van der Waals surface area contributed by atoms with Crippen LogP contribution in [0.4, 0.5) is 0 Å². The van der Waals surface area contributed by atoms with E-state index in [4.69, 9.17) is 9.47 Å². The zero-order valence-corrected chi connectivity index (χ0v) is 9.83. The second-order valence-electron chi connectivity index (χ2n) is 3.45. The number of aromatic nitrogens is 2. The van der Waals surface area contributed by atoms with Gasteiger partial charge in [-0.2, -0.15) is 0 Å². The maximum atomic E-state index is 5.51. The van der Waals surface area contributed by atoms with E-state index in [-0.39, 0.29) is 0 Å². The van der Waals surface area contributed by atoms with E-state index in [0.29, 0.717) is 11.4 Å². The van der Waals surface area contributed by atoms with Crippen molar-refractivity contribution in [3.8, 4) is 0 Å². The standard InChI is InChI=1S/C13H14N2O2/c1-16-13(17-2,11-7-3-5-9-14-11)12-8-4-6-10-15-12/h3-10H,1-2H3. The average Bonchev–Trinajstić information content (AvgIpc) is 2.43. The van der Waals surface area contributed by atoms with E-state index >= 15 is 0 Å². The summed E-state index contributed by atoms with van der Waals surface area (Å²) in [6, 6.07) is 11.2. The van der Waals surface area contributed by atoms with Crippen LogP contribution < -0.4 is 0 Å². The van der Waals surface area contributed by atoms with Gasteiger partial charge in [0, 0.05) is 26.6 Å². The fraction of sp³-hybridized carbons (Fsp3) is 0.231. The summed E-state index contributed by atoms with van der Waals surface area (Å²) in [6.07, 6.45) is 3.40. The van der Waals surface area contributed by atoms with Gasteiger partial charge >= 0.3 is 0 Å². The van der Waals surface area contributed by atoms with Crippen molar-refractivity contribution in [1.82, 2.24) is 9.97 Å². The van der Waals surface area contributed by atoms with E-state index in [1.54, 1.807) is 26.6 Å². The van der Waals surface area contributed by atoms with E-state index in [1.165, 1.54) is 0 Å². The van der Waals surface area contributed by atoms with Crippen LogP contribution in [-0.4, -0.2) is 24.2 Å². The molecule has 0 saturated carbocycles. The number of pyridine rings is 2. The van der Waals surface area contributed by atoms with Crippen molar-refractivity contribution < 1.29 is 9.47 Å². The molecule has 0 saturated heterocycles. The van der Waals surface area contributed by atoms with Crippen molar-refractivity contribution in [1.29, 1.82) is 0 Å². The molecule has 88 valence electrons. The van der Waals surface area contributed by atoms with Crippen LogP contribution in [-0.2, 0) is 15.3 Å². The largest absolute Gasteiger partial charge is 0.343 e. The van der Waals surface area contributed by atoms with Gasteiger partial charge in [0.2, 0.25) is 0 Å². The third kappa shape index (κ3) is 2.05. The lowest BCUT2D eigenvalue weighted by Gasteiger charge is -2.29. The molecule has 0 unspecified atom stereocenters. The monoisotopic (exact) mass is 230 g/mol. The van der Waals surface area contributed by atoms with Crippen LogP contribution in [0.3, 0.4) is 0 Å². The van der Waals surface area contributed by atoms with E-state index in [0.717, 1.165) is 0 Å². The normalized spacial score (nSPS) is 11.4. The smallest absolute Gasteiger partial charge is 0.256 e. The lowest BCUT2D eigenvalue weighted by Crippen LogP contribution is -2.34. The fourth-order valence-electron chi connectivity index (χ4n) is 1.75. The fourth-order valence-corrected chi connectivity index (χ4v) is 1.75. The molecular weight excluding hydrogens is 216 g/mol. The Morgan fingerprint density at radius 3 is 1.59 bits per heavy atom. The molecule has 0 aromatic carbocycles. The molecule has 0 aliphatic carbocycles. The molecule has 0 bridgehead atoms. The minimum Gasteiger partial charge on any atom is -0.343 e. The Kier molecular flexibility index (Phi) is 3.46. The predicted molar refractivity (Wildman–Crippen MR) is 63.3 cm³/mol. The molecule has 4 heteroatoms. The second-order valence-corrected chi connectivity index (χ2v) is 3.45. The van der Waals surface area contributed by atoms with Crippen molar-refractivity contribution >= 4 is 0 Å². The molecule has 2 rings (SSSR count). The topological polar surface area (TPSA) is 44.2 Å². The first-order valence-electron chi connectivity index (χ1n) is 5.27. The Labute approximate surface area is 100 Å². The number of nitrogens with zero attached hydrogens (tertiary/aromatic N) is 2. The van der Waals surface area contributed by atoms with E-state index < -0.39 is 5.79 Å². The molecule has 2 aromatic heterocycles. The Morgan fingerprint density at radius 1 is 0.824 bits per heavy atom. The first kappa shape index (κ1) is 11.7. The summed E-state index contributed by atoms with van der Waals surface area (Å²) in [7, 11) is 3.15. The van der Waals surface area contributed by atoms with Gasteiger partial charge in [-0.05, 0) is 24.3 Å². The summed E-state index contributed by atoms with van der Waals surface area (Å²) in [6.45, 7) is 0. The summed E-state index contributed by atoms with van der Waals surface area (Å²) in [4.78, 5) is 8.56. The molecule has 2 aromatic rings. The summed E-state index contributed by atoms with van der Waals surface area (Å²) in [5.41, 5.74) is 1.34. The van der Waals surface area contributed by atoms with Crippen LogP contribution in [0.25, 0.3) is 0 Å². The zero-order chi connectivity index (χ0) is 12.1. The minimum atomic E-state index is -1.05. The SMILES string of the molecule is COC(OC)(c1ccccn1)c1ccccn1. The van der Waals surface area contributed by atoms with Gasteiger partial charge in [0.1, 0.15) is 11.4 Å². The molecule has 0 aliphatic rings. The molecular formula is C13H14N2O2. The van der Waals surface area contributed by atoms with E-state index in [1.807, 2.05) is 36.4 Å². The van der Waals surface area contributed by atoms with Gasteiger partial charge < -0.3 is 9.47 Å². The number of hydrogen-bond donors (Lipinski definition) is 0. The van der Waals surface area contributed by atoms with Crippen LogP contribution in [0.5, 0.6) is 0 Å². The number of ether oxygens (including phenoxy) is 2. The molecule has 0 aliphatic heterocycles. The van der Waals surface area contributed by atoms with Crippen molar-refractivity contribution in [3.05, 3.63) is 60.2 Å². The van der Waals surface area contributed by atoms with Gasteiger partial charge in [0.05, 0.1) is 0 Å². The maximum absolute atomic E-state index is 5.51. The second kappa shape index (κ2) is 5.03. The molecule has 4 nitrogen and oxygen atoms in total. The first-order chi connectivity index (χ1) is 8.33. The highest BCUT2D eigenvalue weighted by Gasteiger charge is 2.37. The van der Waals surface area contributed by atoms with Crippen molar-refractivity contribution in [2.24, 2.45) is 0 Å². The van der Waals surface area contributed by atoms with E-state index in [2.05, 4.69) is 9.97 Å². The van der Waals surface area contributed by atoms with Crippen molar-refractivity contribution in [2.45, 2.75) is 5.79 Å². The number of methoxy groups -OCH3 is 2. The van der Waals surface area contributed by atoms with Crippen LogP contribution in [0.1, 0.15) is 11.4 Å². The van der Waals surface area contributed by atoms with Gasteiger partial charge in [-0.3, -0.25) is 9.97 Å². The Balaban J connectivity index is 2.54. The number of rotatable bonds is 4. The van der Waals surface area contributed by atoms with Crippen LogP contribution in [0, 0.1) is 0 Å². The first-order valence-corrected chi connectivity index (χ1v) is 5.27. The molecule has 0 fully saturated rings. The van der Waals surface area contributed by atoms with Crippen molar-refractivity contribution in [2.75, 3.05) is 14.2 Å². The Bertz CT molecular complexity index is 414. The van der Waals surface area contributed by atoms with Gasteiger partial charge in [0.25, 0.3) is 5.79 Å². The molecule has 2 heterocycles. The molecule has 0 amide bonds. The molecule has 17 heavy (non-hydrogen) atoms. The lowest BCUT2D eigenvalue weighted by atomic mass is 10.1. The molecule has 0 atom stereocenters. The Morgan fingerprint density at radius 2 is 1.29 bits per heavy atom. The highest BCUT2D eigenvalue weighted by molar-refractivity contribution is 5.24. The highest BCUT2D eigenvalue weighted by Crippen LogP contribution is 2.30. The van der Waals surface area contributed by atoms with Crippen LogP contribution >= 0.6 is 0 Å². The van der Waals surface area contributed by atoms with Gasteiger partial charge in [-0.1, -0.05) is 12.1 Å².